The lowest BCUT2D eigenvalue weighted by Gasteiger charge is -2.16. The average Bonchev–Trinajstić information content (AvgIpc) is 3.37. The molecule has 1 atom stereocenters. The van der Waals surface area contributed by atoms with Gasteiger partial charge in [0.25, 0.3) is 0 Å². The molecule has 0 radical (unpaired) electrons. The van der Waals surface area contributed by atoms with Gasteiger partial charge in [0.2, 0.25) is 5.82 Å². The number of aromatic nitrogens is 2. The lowest BCUT2D eigenvalue weighted by Crippen LogP contribution is -2.38. The number of halogens is 1. The third-order valence-corrected chi connectivity index (χ3v) is 3.78. The summed E-state index contributed by atoms with van der Waals surface area (Å²) < 4.78 is 20.2. The number of carbonyl (C=O) groups is 2. The molecular formula is C17H14FN5O5. The first kappa shape index (κ1) is 18.8. The number of anilines is 1. The summed E-state index contributed by atoms with van der Waals surface area (Å²) in [6, 6.07) is 7.38. The molecular weight excluding hydrogens is 373 g/mol. The van der Waals surface area contributed by atoms with Crippen LogP contribution in [-0.4, -0.2) is 33.1 Å². The third-order valence-electron chi connectivity index (χ3n) is 3.78. The molecule has 144 valence electrons. The van der Waals surface area contributed by atoms with Gasteiger partial charge in [0, 0.05) is 30.7 Å². The van der Waals surface area contributed by atoms with E-state index in [-0.39, 0.29) is 12.2 Å². The zero-order valence-corrected chi connectivity index (χ0v) is 14.2. The van der Waals surface area contributed by atoms with Crippen LogP contribution >= 0.6 is 0 Å². The van der Waals surface area contributed by atoms with Crippen LogP contribution in [0.4, 0.5) is 15.8 Å². The van der Waals surface area contributed by atoms with Gasteiger partial charge >= 0.3 is 17.5 Å². The van der Waals surface area contributed by atoms with Crippen molar-refractivity contribution in [3.8, 4) is 0 Å². The number of benzene rings is 1. The van der Waals surface area contributed by atoms with E-state index in [9.17, 15) is 24.1 Å². The predicted octanol–water partition coefficient (Wildman–Crippen LogP) is 1.87. The molecule has 1 aromatic carbocycles. The van der Waals surface area contributed by atoms with Crippen molar-refractivity contribution >= 4 is 23.2 Å². The fourth-order valence-corrected chi connectivity index (χ4v) is 2.46. The topological polar surface area (TPSA) is 132 Å². The van der Waals surface area contributed by atoms with Crippen LogP contribution in [0, 0.1) is 15.9 Å². The number of hydrogen-bond acceptors (Lipinski definition) is 6. The Morgan fingerprint density at radius 2 is 2.11 bits per heavy atom. The Labute approximate surface area is 157 Å². The highest BCUT2D eigenvalue weighted by atomic mass is 19.1. The number of nitrogens with zero attached hydrogens (tertiary/aromatic N) is 3. The van der Waals surface area contributed by atoms with Crippen LogP contribution in [0.2, 0.25) is 0 Å². The van der Waals surface area contributed by atoms with Crippen LogP contribution in [0.5, 0.6) is 0 Å². The molecule has 0 aliphatic carbocycles. The molecule has 3 aromatic rings. The minimum absolute atomic E-state index is 0.00497. The van der Waals surface area contributed by atoms with Crippen molar-refractivity contribution in [2.75, 3.05) is 11.9 Å². The van der Waals surface area contributed by atoms with Gasteiger partial charge in [-0.1, -0.05) is 0 Å². The summed E-state index contributed by atoms with van der Waals surface area (Å²) in [7, 11) is 0. The second-order valence-electron chi connectivity index (χ2n) is 5.60. The molecule has 0 saturated heterocycles. The fraction of sp³-hybridized carbons (Fsp3) is 0.118. The number of carbonyl (C=O) groups excluding carboxylic acids is 2. The number of amides is 2. The second-order valence-corrected chi connectivity index (χ2v) is 5.60. The molecule has 0 aliphatic heterocycles. The van der Waals surface area contributed by atoms with E-state index in [4.69, 9.17) is 4.42 Å². The van der Waals surface area contributed by atoms with Crippen molar-refractivity contribution in [2.24, 2.45) is 0 Å². The zero-order valence-electron chi connectivity index (χ0n) is 14.2. The summed E-state index contributed by atoms with van der Waals surface area (Å²) in [5.74, 6) is -2.55. The second kappa shape index (κ2) is 8.12. The highest BCUT2D eigenvalue weighted by molar-refractivity contribution is 6.39. The van der Waals surface area contributed by atoms with Gasteiger partial charge in [-0.2, -0.15) is 9.49 Å². The largest absolute Gasteiger partial charge is 0.467 e. The van der Waals surface area contributed by atoms with Crippen molar-refractivity contribution in [3.63, 3.8) is 0 Å². The molecule has 0 spiro atoms. The van der Waals surface area contributed by atoms with Crippen LogP contribution < -0.4 is 10.6 Å². The highest BCUT2D eigenvalue weighted by Gasteiger charge is 2.22. The van der Waals surface area contributed by atoms with Crippen molar-refractivity contribution in [1.82, 2.24) is 15.1 Å². The van der Waals surface area contributed by atoms with E-state index in [0.717, 1.165) is 18.2 Å². The van der Waals surface area contributed by atoms with Gasteiger partial charge < -0.3 is 15.1 Å². The number of nitrogens with one attached hydrogen (secondary N) is 2. The Bertz CT molecular complexity index is 953. The van der Waals surface area contributed by atoms with Gasteiger partial charge in [-0.05, 0) is 30.3 Å². The molecule has 0 aliphatic rings. The van der Waals surface area contributed by atoms with E-state index >= 15 is 0 Å². The monoisotopic (exact) mass is 387 g/mol. The summed E-state index contributed by atoms with van der Waals surface area (Å²) in [6.45, 7) is 0.00497. The van der Waals surface area contributed by atoms with Gasteiger partial charge in [0.15, 0.2) is 0 Å². The van der Waals surface area contributed by atoms with Gasteiger partial charge in [-0.25, -0.2) is 0 Å². The molecule has 28 heavy (non-hydrogen) atoms. The Morgan fingerprint density at radius 3 is 2.75 bits per heavy atom. The average molecular weight is 387 g/mol. The van der Waals surface area contributed by atoms with Crippen LogP contribution in [0.15, 0.2) is 59.5 Å². The Hall–Kier alpha value is -4.02. The summed E-state index contributed by atoms with van der Waals surface area (Å²) in [5, 5.41) is 19.5. The lowest BCUT2D eigenvalue weighted by molar-refractivity contribution is -0.387. The minimum Gasteiger partial charge on any atom is -0.467 e. The van der Waals surface area contributed by atoms with Crippen LogP contribution in [0.1, 0.15) is 11.8 Å². The lowest BCUT2D eigenvalue weighted by atomic mass is 10.2. The van der Waals surface area contributed by atoms with E-state index in [1.807, 2.05) is 0 Å². The van der Waals surface area contributed by atoms with E-state index in [1.54, 1.807) is 35.3 Å². The molecule has 0 saturated carbocycles. The maximum Gasteiger partial charge on any atom is 0.313 e. The van der Waals surface area contributed by atoms with Crippen LogP contribution in [-0.2, 0) is 9.59 Å². The molecule has 3 rings (SSSR count). The standard InChI is InChI=1S/C17H14FN5O5/c18-12-5-4-11(9-13(12)23(26)27)21-17(25)16(24)19-10-14(15-3-1-8-28-15)22-7-2-6-20-22/h1-9,14H,10H2,(H,19,24)(H,21,25). The van der Waals surface area contributed by atoms with Crippen LogP contribution in [0.25, 0.3) is 0 Å². The first-order valence-corrected chi connectivity index (χ1v) is 8.01. The summed E-state index contributed by atoms with van der Waals surface area (Å²) in [6.07, 6.45) is 4.71. The van der Waals surface area contributed by atoms with Crippen molar-refractivity contribution in [3.05, 3.63) is 76.7 Å². The summed E-state index contributed by atoms with van der Waals surface area (Å²) in [5.41, 5.74) is -0.891. The fourth-order valence-electron chi connectivity index (χ4n) is 2.46. The van der Waals surface area contributed by atoms with Crippen molar-refractivity contribution in [1.29, 1.82) is 0 Å². The number of furan rings is 1. The van der Waals surface area contributed by atoms with Crippen molar-refractivity contribution in [2.45, 2.75) is 6.04 Å². The Morgan fingerprint density at radius 1 is 1.29 bits per heavy atom. The molecule has 2 heterocycles. The number of hydrogen-bond donors (Lipinski definition) is 2. The summed E-state index contributed by atoms with van der Waals surface area (Å²) in [4.78, 5) is 33.9. The third kappa shape index (κ3) is 4.20. The summed E-state index contributed by atoms with van der Waals surface area (Å²) >= 11 is 0. The molecule has 0 fully saturated rings. The van der Waals surface area contributed by atoms with E-state index in [0.29, 0.717) is 5.76 Å². The SMILES string of the molecule is O=C(NCC(c1ccco1)n1cccn1)C(=O)Nc1ccc(F)c([N+](=O)[O-])c1. The highest BCUT2D eigenvalue weighted by Crippen LogP contribution is 2.21. The van der Waals surface area contributed by atoms with E-state index < -0.39 is 34.3 Å². The predicted molar refractivity (Wildman–Crippen MR) is 93.8 cm³/mol. The Kier molecular flexibility index (Phi) is 5.44. The molecule has 11 heteroatoms. The first-order chi connectivity index (χ1) is 13.5. The van der Waals surface area contributed by atoms with Gasteiger partial charge in [0.05, 0.1) is 11.2 Å². The van der Waals surface area contributed by atoms with Crippen molar-refractivity contribution < 1.29 is 23.3 Å². The quantitative estimate of drug-likeness (QED) is 0.377. The van der Waals surface area contributed by atoms with Gasteiger partial charge in [-0.3, -0.25) is 24.4 Å². The van der Waals surface area contributed by atoms with E-state index in [1.165, 1.54) is 6.26 Å². The van der Waals surface area contributed by atoms with Gasteiger partial charge in [-0.15, -0.1) is 0 Å². The number of nitro benzene ring substituents is 1. The normalized spacial score (nSPS) is 11.6. The molecule has 1 unspecified atom stereocenters. The molecule has 2 aromatic heterocycles. The number of nitro groups is 1. The number of rotatable bonds is 6. The maximum absolute atomic E-state index is 13.3. The maximum atomic E-state index is 13.3. The molecule has 2 amide bonds. The molecule has 0 bridgehead atoms. The molecule has 10 nitrogen and oxygen atoms in total. The van der Waals surface area contributed by atoms with Gasteiger partial charge in [0.1, 0.15) is 11.8 Å². The molecule has 2 N–H and O–H groups in total. The van der Waals surface area contributed by atoms with Crippen LogP contribution in [0.3, 0.4) is 0 Å². The Balaban J connectivity index is 1.65. The zero-order chi connectivity index (χ0) is 20.1. The van der Waals surface area contributed by atoms with E-state index in [2.05, 4.69) is 15.7 Å². The smallest absolute Gasteiger partial charge is 0.313 e. The first-order valence-electron chi connectivity index (χ1n) is 8.01. The minimum atomic E-state index is -1.06.